The number of aliphatic hydroxyl groups is 1. The van der Waals surface area contributed by atoms with Crippen molar-refractivity contribution < 1.29 is 5.11 Å². The van der Waals surface area contributed by atoms with Crippen LogP contribution < -0.4 is 0 Å². The number of hydrogen-bond acceptors (Lipinski definition) is 2. The molecule has 1 N–H and O–H groups in total. The number of benzene rings is 1. The zero-order valence-corrected chi connectivity index (χ0v) is 9.11. The van der Waals surface area contributed by atoms with Gasteiger partial charge in [0.05, 0.1) is 6.10 Å². The molecule has 1 unspecified atom stereocenters. The molecule has 0 amide bonds. The summed E-state index contributed by atoms with van der Waals surface area (Å²) in [5.41, 5.74) is 0. The van der Waals surface area contributed by atoms with Crippen LogP contribution >= 0.6 is 23.4 Å². The second-order valence-electron chi connectivity index (χ2n) is 2.94. The van der Waals surface area contributed by atoms with Crippen LogP contribution in [0.1, 0.15) is 13.3 Å². The van der Waals surface area contributed by atoms with Gasteiger partial charge >= 0.3 is 0 Å². The molecule has 1 nitrogen and oxygen atoms in total. The summed E-state index contributed by atoms with van der Waals surface area (Å²) >= 11 is 7.54. The maximum atomic E-state index is 9.05. The van der Waals surface area contributed by atoms with Gasteiger partial charge in [0.2, 0.25) is 0 Å². The van der Waals surface area contributed by atoms with E-state index in [-0.39, 0.29) is 6.10 Å². The van der Waals surface area contributed by atoms with E-state index in [1.165, 1.54) is 0 Å². The quantitative estimate of drug-likeness (QED) is 0.781. The summed E-state index contributed by atoms with van der Waals surface area (Å²) in [6.07, 6.45) is 0.601. The van der Waals surface area contributed by atoms with Gasteiger partial charge in [-0.2, -0.15) is 0 Å². The second-order valence-corrected chi connectivity index (χ2v) is 4.55. The van der Waals surface area contributed by atoms with Crippen LogP contribution in [0.4, 0.5) is 0 Å². The van der Waals surface area contributed by atoms with Gasteiger partial charge in [-0.05, 0) is 31.5 Å². The minimum absolute atomic E-state index is 0.216. The van der Waals surface area contributed by atoms with Crippen molar-refractivity contribution in [3.05, 3.63) is 29.3 Å². The third-order valence-electron chi connectivity index (χ3n) is 1.60. The van der Waals surface area contributed by atoms with Crippen molar-refractivity contribution >= 4 is 23.4 Å². The van der Waals surface area contributed by atoms with E-state index in [0.717, 1.165) is 22.1 Å². The lowest BCUT2D eigenvalue weighted by molar-refractivity contribution is 0.192. The van der Waals surface area contributed by atoms with E-state index in [2.05, 4.69) is 0 Å². The molecule has 0 fully saturated rings. The molecule has 1 aromatic rings. The molecule has 3 heteroatoms. The molecule has 0 aliphatic heterocycles. The fourth-order valence-electron chi connectivity index (χ4n) is 0.904. The fourth-order valence-corrected chi connectivity index (χ4v) is 2.24. The molecule has 0 aliphatic rings. The third kappa shape index (κ3) is 4.55. The molecule has 0 saturated heterocycles. The van der Waals surface area contributed by atoms with Crippen LogP contribution in [0.2, 0.25) is 5.02 Å². The molecule has 13 heavy (non-hydrogen) atoms. The van der Waals surface area contributed by atoms with Gasteiger partial charge in [0.15, 0.2) is 0 Å². The van der Waals surface area contributed by atoms with Crippen molar-refractivity contribution in [3.8, 4) is 0 Å². The lowest BCUT2D eigenvalue weighted by atomic mass is 10.3. The van der Waals surface area contributed by atoms with Gasteiger partial charge in [-0.3, -0.25) is 0 Å². The summed E-state index contributed by atoms with van der Waals surface area (Å²) in [6.45, 7) is 1.80. The second kappa shape index (κ2) is 5.53. The Labute approximate surface area is 88.1 Å². The molecule has 0 bridgehead atoms. The average molecular weight is 217 g/mol. The van der Waals surface area contributed by atoms with Crippen LogP contribution in [0, 0.1) is 0 Å². The van der Waals surface area contributed by atoms with Crippen molar-refractivity contribution in [3.63, 3.8) is 0 Å². The first kappa shape index (κ1) is 10.9. The third-order valence-corrected chi connectivity index (χ3v) is 2.86. The molecular weight excluding hydrogens is 204 g/mol. The van der Waals surface area contributed by atoms with E-state index in [4.69, 9.17) is 16.7 Å². The van der Waals surface area contributed by atoms with Crippen molar-refractivity contribution in [1.82, 2.24) is 0 Å². The average Bonchev–Trinajstić information content (AvgIpc) is 2.03. The van der Waals surface area contributed by atoms with Gasteiger partial charge in [-0.1, -0.05) is 17.7 Å². The number of rotatable bonds is 4. The molecule has 0 aliphatic carbocycles. The van der Waals surface area contributed by atoms with E-state index >= 15 is 0 Å². The summed E-state index contributed by atoms with van der Waals surface area (Å²) in [7, 11) is 0. The number of thioether (sulfide) groups is 1. The standard InChI is InChI=1S/C10H13ClOS/c1-8(12)5-6-13-10-4-2-3-9(11)7-10/h2-4,7-8,12H,5-6H2,1H3. The van der Waals surface area contributed by atoms with Crippen LogP contribution in [-0.2, 0) is 0 Å². The number of halogens is 1. The summed E-state index contributed by atoms with van der Waals surface area (Å²) < 4.78 is 0. The Bertz CT molecular complexity index is 263. The summed E-state index contributed by atoms with van der Waals surface area (Å²) in [6, 6.07) is 7.76. The summed E-state index contributed by atoms with van der Waals surface area (Å²) in [4.78, 5) is 1.16. The molecule has 0 aromatic heterocycles. The molecule has 1 atom stereocenters. The van der Waals surface area contributed by atoms with E-state index in [0.29, 0.717) is 0 Å². The van der Waals surface area contributed by atoms with Gasteiger partial charge in [-0.25, -0.2) is 0 Å². The highest BCUT2D eigenvalue weighted by atomic mass is 35.5. The van der Waals surface area contributed by atoms with Gasteiger partial charge in [0.25, 0.3) is 0 Å². The smallest absolute Gasteiger partial charge is 0.0520 e. The zero-order chi connectivity index (χ0) is 9.68. The van der Waals surface area contributed by atoms with Gasteiger partial charge < -0.3 is 5.11 Å². The number of hydrogen-bond donors (Lipinski definition) is 1. The molecule has 72 valence electrons. The maximum Gasteiger partial charge on any atom is 0.0520 e. The molecule has 0 spiro atoms. The predicted octanol–water partition coefficient (Wildman–Crippen LogP) is 3.20. The van der Waals surface area contributed by atoms with Crippen LogP contribution in [0.25, 0.3) is 0 Å². The maximum absolute atomic E-state index is 9.05. The Hall–Kier alpha value is -0.180. The Balaban J connectivity index is 2.37. The van der Waals surface area contributed by atoms with Crippen LogP contribution in [0.5, 0.6) is 0 Å². The van der Waals surface area contributed by atoms with Gasteiger partial charge in [0, 0.05) is 15.7 Å². The molecule has 0 heterocycles. The Morgan fingerprint density at radius 2 is 2.31 bits per heavy atom. The highest BCUT2D eigenvalue weighted by molar-refractivity contribution is 7.99. The van der Waals surface area contributed by atoms with E-state index in [9.17, 15) is 0 Å². The first-order chi connectivity index (χ1) is 6.18. The highest BCUT2D eigenvalue weighted by Crippen LogP contribution is 2.22. The minimum atomic E-state index is -0.216. The van der Waals surface area contributed by atoms with Crippen molar-refractivity contribution in [2.75, 3.05) is 5.75 Å². The Morgan fingerprint density at radius 3 is 2.92 bits per heavy atom. The number of aliphatic hydroxyl groups excluding tert-OH is 1. The lowest BCUT2D eigenvalue weighted by Crippen LogP contribution is -2.00. The van der Waals surface area contributed by atoms with Crippen LogP contribution in [0.15, 0.2) is 29.2 Å². The van der Waals surface area contributed by atoms with Crippen molar-refractivity contribution in [2.45, 2.75) is 24.3 Å². The SMILES string of the molecule is CC(O)CCSc1cccc(Cl)c1. The Kier molecular flexibility index (Phi) is 4.64. The van der Waals surface area contributed by atoms with Crippen LogP contribution in [0.3, 0.4) is 0 Å². The van der Waals surface area contributed by atoms with Gasteiger partial charge in [0.1, 0.15) is 0 Å². The van der Waals surface area contributed by atoms with E-state index in [1.807, 2.05) is 24.3 Å². The Morgan fingerprint density at radius 1 is 1.54 bits per heavy atom. The first-order valence-corrected chi connectivity index (χ1v) is 5.61. The van der Waals surface area contributed by atoms with Crippen molar-refractivity contribution in [2.24, 2.45) is 0 Å². The van der Waals surface area contributed by atoms with Gasteiger partial charge in [-0.15, -0.1) is 11.8 Å². The van der Waals surface area contributed by atoms with Crippen molar-refractivity contribution in [1.29, 1.82) is 0 Å². The fraction of sp³-hybridized carbons (Fsp3) is 0.400. The molecule has 1 aromatic carbocycles. The topological polar surface area (TPSA) is 20.2 Å². The van der Waals surface area contributed by atoms with E-state index < -0.39 is 0 Å². The van der Waals surface area contributed by atoms with Crippen LogP contribution in [-0.4, -0.2) is 17.0 Å². The zero-order valence-electron chi connectivity index (χ0n) is 7.53. The first-order valence-electron chi connectivity index (χ1n) is 4.25. The molecule has 0 saturated carbocycles. The molecule has 1 rings (SSSR count). The summed E-state index contributed by atoms with van der Waals surface area (Å²) in [5, 5.41) is 9.81. The monoisotopic (exact) mass is 216 g/mol. The molecular formula is C10H13ClOS. The normalized spacial score (nSPS) is 12.8. The lowest BCUT2D eigenvalue weighted by Gasteiger charge is -2.03. The minimum Gasteiger partial charge on any atom is -0.393 e. The summed E-state index contributed by atoms with van der Waals surface area (Å²) in [5.74, 6) is 0.929. The molecule has 0 radical (unpaired) electrons. The predicted molar refractivity (Wildman–Crippen MR) is 58.5 cm³/mol. The highest BCUT2D eigenvalue weighted by Gasteiger charge is 1.98. The largest absolute Gasteiger partial charge is 0.393 e. The van der Waals surface area contributed by atoms with E-state index in [1.54, 1.807) is 18.7 Å².